The molecule has 4 heterocycles. The van der Waals surface area contributed by atoms with E-state index in [1.807, 2.05) is 19.1 Å². The van der Waals surface area contributed by atoms with Crippen LogP contribution in [0.25, 0.3) is 11.1 Å². The Morgan fingerprint density at radius 3 is 2.70 bits per heavy atom. The minimum absolute atomic E-state index is 0.105. The Bertz CT molecular complexity index is 1370. The number of anilines is 2. The zero-order valence-electron chi connectivity index (χ0n) is 20.3. The summed E-state index contributed by atoms with van der Waals surface area (Å²) in [6.45, 7) is 5.70. The van der Waals surface area contributed by atoms with Crippen LogP contribution >= 0.6 is 0 Å². The van der Waals surface area contributed by atoms with Gasteiger partial charge in [-0.25, -0.2) is 0 Å². The topological polar surface area (TPSA) is 63.7 Å². The number of amides is 1. The molecule has 0 saturated carbocycles. The first-order valence-electron chi connectivity index (χ1n) is 12.2. The molecule has 37 heavy (non-hydrogen) atoms. The molecule has 1 atom stereocenters. The van der Waals surface area contributed by atoms with E-state index >= 15 is 0 Å². The number of carbonyl (C=O) groups is 1. The number of benzene rings is 2. The fourth-order valence-corrected chi connectivity index (χ4v) is 5.64. The first-order chi connectivity index (χ1) is 17.7. The van der Waals surface area contributed by atoms with Crippen LogP contribution in [0.5, 0.6) is 0 Å². The molecule has 1 aromatic heterocycles. The van der Waals surface area contributed by atoms with E-state index < -0.39 is 17.8 Å². The van der Waals surface area contributed by atoms with Gasteiger partial charge in [0.15, 0.2) is 0 Å². The molecular formula is C28H26F3N3O3. The number of rotatable bonds is 3. The van der Waals surface area contributed by atoms with Crippen LogP contribution in [-0.2, 0) is 22.1 Å². The van der Waals surface area contributed by atoms with E-state index in [4.69, 9.17) is 9.47 Å². The van der Waals surface area contributed by atoms with Crippen molar-refractivity contribution in [3.05, 3.63) is 77.1 Å². The number of hydrogen-bond acceptors (Lipinski definition) is 5. The van der Waals surface area contributed by atoms with Crippen LogP contribution < -0.4 is 10.2 Å². The number of ether oxygens (including phenoxy) is 2. The lowest BCUT2D eigenvalue weighted by atomic mass is 9.69. The number of halogens is 3. The van der Waals surface area contributed by atoms with E-state index in [1.165, 1.54) is 17.3 Å². The summed E-state index contributed by atoms with van der Waals surface area (Å²) >= 11 is 0. The van der Waals surface area contributed by atoms with Crippen molar-refractivity contribution in [2.75, 3.05) is 43.2 Å². The van der Waals surface area contributed by atoms with Crippen LogP contribution in [0.2, 0.25) is 0 Å². The molecule has 9 heteroatoms. The first kappa shape index (κ1) is 23.9. The van der Waals surface area contributed by atoms with E-state index in [0.29, 0.717) is 18.9 Å². The van der Waals surface area contributed by atoms with Gasteiger partial charge in [-0.1, -0.05) is 18.2 Å². The van der Waals surface area contributed by atoms with Crippen LogP contribution in [0, 0.1) is 12.3 Å². The van der Waals surface area contributed by atoms with Crippen molar-refractivity contribution in [3.63, 3.8) is 0 Å². The number of nitrogens with zero attached hydrogens (tertiary/aromatic N) is 2. The van der Waals surface area contributed by atoms with Crippen molar-refractivity contribution in [2.45, 2.75) is 25.6 Å². The molecule has 0 radical (unpaired) electrons. The highest BCUT2D eigenvalue weighted by atomic mass is 19.4. The second-order valence-corrected chi connectivity index (χ2v) is 10.1. The number of aromatic nitrogens is 1. The summed E-state index contributed by atoms with van der Waals surface area (Å²) < 4.78 is 50.5. The van der Waals surface area contributed by atoms with E-state index in [1.54, 1.807) is 6.07 Å². The van der Waals surface area contributed by atoms with Crippen molar-refractivity contribution >= 4 is 17.3 Å². The Kier molecular flexibility index (Phi) is 5.72. The highest BCUT2D eigenvalue weighted by Crippen LogP contribution is 2.47. The van der Waals surface area contributed by atoms with Gasteiger partial charge in [-0.05, 0) is 65.9 Å². The van der Waals surface area contributed by atoms with Crippen molar-refractivity contribution < 1.29 is 27.4 Å². The SMILES string of the molecule is Cc1ccc(NC(=O)c2ccnc(C(F)(F)F)c2)cc1-c1ccc2c(c1)N1CCOCC1C1(COC1)C2. The third kappa shape index (κ3) is 4.26. The number of morpholine rings is 1. The van der Waals surface area contributed by atoms with Gasteiger partial charge in [-0.2, -0.15) is 13.2 Å². The molecule has 2 aromatic carbocycles. The van der Waals surface area contributed by atoms with Crippen LogP contribution in [0.15, 0.2) is 54.7 Å². The molecule has 0 bridgehead atoms. The van der Waals surface area contributed by atoms with Gasteiger partial charge >= 0.3 is 6.18 Å². The molecular weight excluding hydrogens is 483 g/mol. The predicted molar refractivity (Wildman–Crippen MR) is 133 cm³/mol. The van der Waals surface area contributed by atoms with Gasteiger partial charge < -0.3 is 19.7 Å². The Labute approximate surface area is 212 Å². The van der Waals surface area contributed by atoms with Gasteiger partial charge in [0, 0.05) is 35.1 Å². The molecule has 1 spiro atoms. The molecule has 3 aromatic rings. The van der Waals surface area contributed by atoms with E-state index in [9.17, 15) is 18.0 Å². The third-order valence-electron chi connectivity index (χ3n) is 7.67. The molecule has 6 nitrogen and oxygen atoms in total. The van der Waals surface area contributed by atoms with E-state index in [2.05, 4.69) is 33.4 Å². The zero-order chi connectivity index (χ0) is 25.8. The monoisotopic (exact) mass is 509 g/mol. The van der Waals surface area contributed by atoms with Crippen molar-refractivity contribution in [1.82, 2.24) is 4.98 Å². The van der Waals surface area contributed by atoms with Crippen molar-refractivity contribution in [2.24, 2.45) is 5.41 Å². The molecule has 3 aliphatic heterocycles. The fourth-order valence-electron chi connectivity index (χ4n) is 5.64. The normalized spacial score (nSPS) is 20.1. The average Bonchev–Trinajstić information content (AvgIpc) is 2.87. The maximum Gasteiger partial charge on any atom is 0.433 e. The molecule has 6 rings (SSSR count). The number of alkyl halides is 3. The van der Waals surface area contributed by atoms with Gasteiger partial charge in [-0.3, -0.25) is 9.78 Å². The number of nitrogens with one attached hydrogen (secondary N) is 1. The quantitative estimate of drug-likeness (QED) is 0.532. The molecule has 2 fully saturated rings. The number of fused-ring (bicyclic) bond motifs is 4. The minimum Gasteiger partial charge on any atom is -0.380 e. The molecule has 192 valence electrons. The standard InChI is InChI=1S/C28H26F3N3O3/c1-17-2-5-21(33-26(35)19-6-7-32-24(11-19)28(29,30)31)12-22(17)18-3-4-20-13-27(15-37-16-27)25-14-36-9-8-34(25)23(20)10-18/h2-7,10-12,25H,8-9,13-16H2,1H3,(H,33,35). The number of aryl methyl sites for hydroxylation is 1. The first-order valence-corrected chi connectivity index (χ1v) is 12.2. The Hall–Kier alpha value is -3.43. The van der Waals surface area contributed by atoms with Crippen LogP contribution in [-0.4, -0.2) is 49.9 Å². The molecule has 3 aliphatic rings. The second kappa shape index (κ2) is 8.85. The minimum atomic E-state index is -4.62. The fraction of sp³-hybridized carbons (Fsp3) is 0.357. The molecule has 1 N–H and O–H groups in total. The summed E-state index contributed by atoms with van der Waals surface area (Å²) in [5.74, 6) is -0.627. The number of hydrogen-bond donors (Lipinski definition) is 1. The van der Waals surface area contributed by atoms with E-state index in [0.717, 1.165) is 55.1 Å². The third-order valence-corrected chi connectivity index (χ3v) is 7.67. The highest BCUT2D eigenvalue weighted by Gasteiger charge is 2.52. The highest BCUT2D eigenvalue weighted by molar-refractivity contribution is 6.04. The van der Waals surface area contributed by atoms with Crippen LogP contribution in [0.1, 0.15) is 27.2 Å². The summed E-state index contributed by atoms with van der Waals surface area (Å²) in [5.41, 5.74) is 4.89. The lowest BCUT2D eigenvalue weighted by Gasteiger charge is -2.56. The maximum atomic E-state index is 13.0. The lowest BCUT2D eigenvalue weighted by molar-refractivity contribution is -0.145. The second-order valence-electron chi connectivity index (χ2n) is 10.1. The Morgan fingerprint density at radius 1 is 1.11 bits per heavy atom. The van der Waals surface area contributed by atoms with Gasteiger partial charge in [-0.15, -0.1) is 0 Å². The van der Waals surface area contributed by atoms with Gasteiger partial charge in [0.2, 0.25) is 0 Å². The molecule has 1 amide bonds. The van der Waals surface area contributed by atoms with E-state index in [-0.39, 0.29) is 17.0 Å². The number of carbonyl (C=O) groups excluding carboxylic acids is 1. The average molecular weight is 510 g/mol. The van der Waals surface area contributed by atoms with Gasteiger partial charge in [0.05, 0.1) is 32.5 Å². The summed E-state index contributed by atoms with van der Waals surface area (Å²) in [4.78, 5) is 18.5. The molecule has 1 unspecified atom stereocenters. The maximum absolute atomic E-state index is 13.0. The summed E-state index contributed by atoms with van der Waals surface area (Å²) in [5, 5.41) is 2.73. The summed E-state index contributed by atoms with van der Waals surface area (Å²) in [7, 11) is 0. The lowest BCUT2D eigenvalue weighted by Crippen LogP contribution is -2.65. The zero-order valence-corrected chi connectivity index (χ0v) is 20.3. The Balaban J connectivity index is 1.29. The van der Waals surface area contributed by atoms with Gasteiger partial charge in [0.1, 0.15) is 5.69 Å². The largest absolute Gasteiger partial charge is 0.433 e. The summed E-state index contributed by atoms with van der Waals surface area (Å²) in [6.07, 6.45) is -2.68. The number of pyridine rings is 1. The van der Waals surface area contributed by atoms with Crippen molar-refractivity contribution in [1.29, 1.82) is 0 Å². The summed E-state index contributed by atoms with van der Waals surface area (Å²) in [6, 6.07) is 14.3. The molecule has 2 saturated heterocycles. The van der Waals surface area contributed by atoms with Crippen LogP contribution in [0.4, 0.5) is 24.5 Å². The van der Waals surface area contributed by atoms with Gasteiger partial charge in [0.25, 0.3) is 5.91 Å². The molecule has 0 aliphatic carbocycles. The van der Waals surface area contributed by atoms with Crippen molar-refractivity contribution in [3.8, 4) is 11.1 Å². The predicted octanol–water partition coefficient (Wildman–Crippen LogP) is 5.11. The Morgan fingerprint density at radius 2 is 1.95 bits per heavy atom. The smallest absolute Gasteiger partial charge is 0.380 e. The van der Waals surface area contributed by atoms with Crippen LogP contribution in [0.3, 0.4) is 0 Å².